The van der Waals surface area contributed by atoms with Crippen molar-refractivity contribution in [2.75, 3.05) is 5.32 Å². The molecule has 134 valence electrons. The molecule has 4 rings (SSSR count). The first-order valence-corrected chi connectivity index (χ1v) is 9.43. The van der Waals surface area contributed by atoms with Crippen LogP contribution in [0.1, 0.15) is 21.5 Å². The van der Waals surface area contributed by atoms with Gasteiger partial charge in [0.15, 0.2) is 5.13 Å². The van der Waals surface area contributed by atoms with Crippen molar-refractivity contribution < 1.29 is 9.53 Å². The van der Waals surface area contributed by atoms with Gasteiger partial charge in [-0.25, -0.2) is 4.98 Å². The van der Waals surface area contributed by atoms with Crippen LogP contribution in [0, 0.1) is 13.8 Å². The number of hydrogen-bond acceptors (Lipinski definition) is 4. The lowest BCUT2D eigenvalue weighted by molar-refractivity contribution is 0.102. The van der Waals surface area contributed by atoms with Gasteiger partial charge in [0.25, 0.3) is 5.91 Å². The molecule has 0 saturated heterocycles. The minimum atomic E-state index is -0.240. The molecule has 1 heterocycles. The summed E-state index contributed by atoms with van der Waals surface area (Å²) in [4.78, 5) is 17.4. The SMILES string of the molecule is Cc1ccc(C)c2sc(NC(=O)c3ccccc3Oc3ccccc3)nc12. The van der Waals surface area contributed by atoms with Crippen LogP contribution in [-0.4, -0.2) is 10.9 Å². The Labute approximate surface area is 161 Å². The molecule has 0 spiro atoms. The number of fused-ring (bicyclic) bond motifs is 1. The predicted octanol–water partition coefficient (Wildman–Crippen LogP) is 5.96. The lowest BCUT2D eigenvalue weighted by Crippen LogP contribution is -2.12. The molecule has 0 atom stereocenters. The van der Waals surface area contributed by atoms with Gasteiger partial charge in [0.2, 0.25) is 0 Å². The molecule has 4 aromatic rings. The zero-order valence-corrected chi connectivity index (χ0v) is 15.8. The highest BCUT2D eigenvalue weighted by molar-refractivity contribution is 7.22. The number of carbonyl (C=O) groups is 1. The van der Waals surface area contributed by atoms with Crippen LogP contribution in [0.5, 0.6) is 11.5 Å². The third-order valence-corrected chi connectivity index (χ3v) is 5.37. The molecule has 4 nitrogen and oxygen atoms in total. The number of carbonyl (C=O) groups excluding carboxylic acids is 1. The predicted molar refractivity (Wildman–Crippen MR) is 110 cm³/mol. The summed E-state index contributed by atoms with van der Waals surface area (Å²) >= 11 is 1.49. The Kier molecular flexibility index (Phi) is 4.60. The molecule has 0 aliphatic heterocycles. The summed E-state index contributed by atoms with van der Waals surface area (Å²) in [5.74, 6) is 0.953. The molecule has 0 radical (unpaired) electrons. The smallest absolute Gasteiger partial charge is 0.261 e. The summed E-state index contributed by atoms with van der Waals surface area (Å²) in [5, 5.41) is 3.50. The van der Waals surface area contributed by atoms with Gasteiger partial charge in [-0.2, -0.15) is 0 Å². The van der Waals surface area contributed by atoms with Crippen molar-refractivity contribution in [2.24, 2.45) is 0 Å². The van der Waals surface area contributed by atoms with Gasteiger partial charge in [-0.05, 0) is 49.2 Å². The Morgan fingerprint density at radius 3 is 2.41 bits per heavy atom. The molecule has 5 heteroatoms. The highest BCUT2D eigenvalue weighted by Gasteiger charge is 2.16. The van der Waals surface area contributed by atoms with Crippen molar-refractivity contribution in [2.45, 2.75) is 13.8 Å². The second kappa shape index (κ2) is 7.21. The van der Waals surface area contributed by atoms with E-state index in [4.69, 9.17) is 4.74 Å². The van der Waals surface area contributed by atoms with Crippen molar-refractivity contribution in [3.05, 3.63) is 83.4 Å². The van der Waals surface area contributed by atoms with Crippen molar-refractivity contribution in [3.63, 3.8) is 0 Å². The number of amides is 1. The minimum absolute atomic E-state index is 0.240. The third-order valence-electron chi connectivity index (χ3n) is 4.27. The Balaban J connectivity index is 1.62. The van der Waals surface area contributed by atoms with Gasteiger partial charge in [-0.3, -0.25) is 10.1 Å². The summed E-state index contributed by atoms with van der Waals surface area (Å²) in [6.45, 7) is 4.07. The number of anilines is 1. The fraction of sp³-hybridized carbons (Fsp3) is 0.0909. The van der Waals surface area contributed by atoms with Gasteiger partial charge in [0.1, 0.15) is 11.5 Å². The zero-order chi connectivity index (χ0) is 18.8. The summed E-state index contributed by atoms with van der Waals surface area (Å²) in [6.07, 6.45) is 0. The van der Waals surface area contributed by atoms with E-state index in [0.717, 1.165) is 21.3 Å². The van der Waals surface area contributed by atoms with Crippen molar-refractivity contribution in [1.29, 1.82) is 0 Å². The van der Waals surface area contributed by atoms with E-state index in [-0.39, 0.29) is 5.91 Å². The van der Waals surface area contributed by atoms with Crippen molar-refractivity contribution in [3.8, 4) is 11.5 Å². The van der Waals surface area contributed by atoms with Crippen LogP contribution in [0.15, 0.2) is 66.7 Å². The second-order valence-electron chi connectivity index (χ2n) is 6.26. The van der Waals surface area contributed by atoms with Crippen LogP contribution in [0.25, 0.3) is 10.2 Å². The molecule has 0 bridgehead atoms. The summed E-state index contributed by atoms with van der Waals surface area (Å²) < 4.78 is 6.98. The standard InChI is InChI=1S/C22H18N2O2S/c1-14-12-13-15(2)20-19(14)23-22(27-20)24-21(25)17-10-6-7-11-18(17)26-16-8-4-3-5-9-16/h3-13H,1-2H3,(H,23,24,25). The maximum Gasteiger partial charge on any atom is 0.261 e. The molecule has 0 saturated carbocycles. The number of nitrogens with zero attached hydrogens (tertiary/aromatic N) is 1. The van der Waals surface area contributed by atoms with Crippen LogP contribution in [0.4, 0.5) is 5.13 Å². The van der Waals surface area contributed by atoms with E-state index in [0.29, 0.717) is 22.2 Å². The minimum Gasteiger partial charge on any atom is -0.457 e. The van der Waals surface area contributed by atoms with Crippen LogP contribution in [-0.2, 0) is 0 Å². The van der Waals surface area contributed by atoms with E-state index in [1.165, 1.54) is 11.3 Å². The molecule has 1 amide bonds. The maximum atomic E-state index is 12.8. The summed E-state index contributed by atoms with van der Waals surface area (Å²) in [5.41, 5.74) is 3.65. The monoisotopic (exact) mass is 374 g/mol. The van der Waals surface area contributed by atoms with Gasteiger partial charge in [-0.15, -0.1) is 0 Å². The fourth-order valence-corrected chi connectivity index (χ4v) is 3.84. The molecule has 0 unspecified atom stereocenters. The summed E-state index contributed by atoms with van der Waals surface area (Å²) in [6, 6.07) is 20.7. The van der Waals surface area contributed by atoms with E-state index >= 15 is 0 Å². The molecule has 0 aliphatic rings. The van der Waals surface area contributed by atoms with E-state index in [1.54, 1.807) is 12.1 Å². The van der Waals surface area contributed by atoms with Crippen molar-refractivity contribution >= 4 is 32.6 Å². The lowest BCUT2D eigenvalue weighted by atomic mass is 10.1. The molecule has 0 aliphatic carbocycles. The van der Waals surface area contributed by atoms with Gasteiger partial charge < -0.3 is 4.74 Å². The number of aromatic nitrogens is 1. The van der Waals surface area contributed by atoms with Crippen LogP contribution in [0.3, 0.4) is 0 Å². The topological polar surface area (TPSA) is 51.2 Å². The number of ether oxygens (including phenoxy) is 1. The average molecular weight is 374 g/mol. The molecule has 1 N–H and O–H groups in total. The number of hydrogen-bond donors (Lipinski definition) is 1. The van der Waals surface area contributed by atoms with E-state index < -0.39 is 0 Å². The average Bonchev–Trinajstić information content (AvgIpc) is 3.11. The van der Waals surface area contributed by atoms with Gasteiger partial charge >= 0.3 is 0 Å². The third kappa shape index (κ3) is 3.55. The van der Waals surface area contributed by atoms with E-state index in [2.05, 4.69) is 23.3 Å². The Morgan fingerprint density at radius 2 is 1.63 bits per heavy atom. The quantitative estimate of drug-likeness (QED) is 0.480. The zero-order valence-electron chi connectivity index (χ0n) is 15.0. The lowest BCUT2D eigenvalue weighted by Gasteiger charge is -2.10. The van der Waals surface area contributed by atoms with Crippen LogP contribution in [0.2, 0.25) is 0 Å². The van der Waals surface area contributed by atoms with E-state index in [9.17, 15) is 4.79 Å². The number of rotatable bonds is 4. The Morgan fingerprint density at radius 1 is 0.926 bits per heavy atom. The number of thiazole rings is 1. The first kappa shape index (κ1) is 17.2. The fourth-order valence-electron chi connectivity index (χ4n) is 2.84. The van der Waals surface area contributed by atoms with Gasteiger partial charge in [-0.1, -0.05) is 53.8 Å². The first-order valence-electron chi connectivity index (χ1n) is 8.62. The molecule has 27 heavy (non-hydrogen) atoms. The van der Waals surface area contributed by atoms with Gasteiger partial charge in [0.05, 0.1) is 15.8 Å². The normalized spacial score (nSPS) is 10.7. The van der Waals surface area contributed by atoms with Crippen LogP contribution >= 0.6 is 11.3 Å². The van der Waals surface area contributed by atoms with Gasteiger partial charge in [0, 0.05) is 0 Å². The second-order valence-corrected chi connectivity index (χ2v) is 7.26. The molecular weight excluding hydrogens is 356 g/mol. The van der Waals surface area contributed by atoms with Crippen LogP contribution < -0.4 is 10.1 Å². The number of para-hydroxylation sites is 2. The molecule has 3 aromatic carbocycles. The first-order chi connectivity index (χ1) is 13.1. The highest BCUT2D eigenvalue weighted by atomic mass is 32.1. The molecular formula is C22H18N2O2S. The number of nitrogens with one attached hydrogen (secondary N) is 1. The number of aryl methyl sites for hydroxylation is 2. The maximum absolute atomic E-state index is 12.8. The molecule has 0 fully saturated rings. The molecule has 1 aromatic heterocycles. The number of benzene rings is 3. The largest absolute Gasteiger partial charge is 0.457 e. The summed E-state index contributed by atoms with van der Waals surface area (Å²) in [7, 11) is 0. The van der Waals surface area contributed by atoms with Crippen molar-refractivity contribution in [1.82, 2.24) is 4.98 Å². The highest BCUT2D eigenvalue weighted by Crippen LogP contribution is 2.32. The van der Waals surface area contributed by atoms with E-state index in [1.807, 2.05) is 55.5 Å². The Bertz CT molecular complexity index is 1080. The Hall–Kier alpha value is -3.18.